The number of methoxy groups -OCH3 is 2. The number of rotatable bonds is 10. The van der Waals surface area contributed by atoms with Gasteiger partial charge in [0.15, 0.2) is 0 Å². The Balaban J connectivity index is 1.75. The van der Waals surface area contributed by atoms with Crippen LogP contribution < -0.4 is 0 Å². The molecule has 10 unspecified atom stereocenters. The first-order valence-corrected chi connectivity index (χ1v) is 11.5. The van der Waals surface area contributed by atoms with Gasteiger partial charge in [-0.05, 0) is 91.3 Å². The molecular weight excluding hydrogens is 372 g/mol. The van der Waals surface area contributed by atoms with Gasteiger partial charge in [0.25, 0.3) is 0 Å². The van der Waals surface area contributed by atoms with Gasteiger partial charge in [0.05, 0.1) is 0 Å². The summed E-state index contributed by atoms with van der Waals surface area (Å²) < 4.78 is 11.0. The Kier molecular flexibility index (Phi) is 8.78. The number of aliphatic hydroxyl groups excluding tert-OH is 4. The predicted octanol–water partition coefficient (Wildman–Crippen LogP) is 1.40. The molecule has 3 rings (SSSR count). The highest BCUT2D eigenvalue weighted by Gasteiger charge is 2.52. The third kappa shape index (κ3) is 4.68. The van der Waals surface area contributed by atoms with Crippen molar-refractivity contribution in [1.82, 2.24) is 0 Å². The molecule has 29 heavy (non-hydrogen) atoms. The van der Waals surface area contributed by atoms with Gasteiger partial charge in [0, 0.05) is 53.9 Å². The lowest BCUT2D eigenvalue weighted by Crippen LogP contribution is -2.32. The lowest BCUT2D eigenvalue weighted by atomic mass is 9.73. The van der Waals surface area contributed by atoms with E-state index in [0.29, 0.717) is 48.7 Å². The van der Waals surface area contributed by atoms with Crippen LogP contribution in [0.5, 0.6) is 0 Å². The van der Waals surface area contributed by atoms with Crippen molar-refractivity contribution in [3.05, 3.63) is 0 Å². The Hall–Kier alpha value is -0.240. The van der Waals surface area contributed by atoms with E-state index in [2.05, 4.69) is 0 Å². The monoisotopic (exact) mass is 414 g/mol. The second-order valence-corrected chi connectivity index (χ2v) is 9.97. The van der Waals surface area contributed by atoms with E-state index in [9.17, 15) is 20.4 Å². The highest BCUT2D eigenvalue weighted by molar-refractivity contribution is 5.00. The van der Waals surface area contributed by atoms with Crippen molar-refractivity contribution in [3.8, 4) is 0 Å². The molecule has 6 nitrogen and oxygen atoms in total. The van der Waals surface area contributed by atoms with Crippen LogP contribution in [-0.4, -0.2) is 74.3 Å². The van der Waals surface area contributed by atoms with Crippen LogP contribution in [0.25, 0.3) is 0 Å². The van der Waals surface area contributed by atoms with Gasteiger partial charge in [-0.15, -0.1) is 0 Å². The van der Waals surface area contributed by atoms with E-state index in [1.54, 1.807) is 14.2 Å². The summed E-state index contributed by atoms with van der Waals surface area (Å²) in [5.41, 5.74) is 0. The first-order valence-electron chi connectivity index (χ1n) is 11.5. The highest BCUT2D eigenvalue weighted by Crippen LogP contribution is 2.56. The van der Waals surface area contributed by atoms with Crippen LogP contribution >= 0.6 is 0 Å². The molecule has 3 aliphatic carbocycles. The summed E-state index contributed by atoms with van der Waals surface area (Å²) in [6.07, 6.45) is 5.16. The SMILES string of the molecule is COCC1C(CO)CC(CO)C1C1CCC(C2C(CO)CC(CO)C2COC)C1. The Labute approximate surface area is 175 Å². The molecule has 0 aromatic carbocycles. The largest absolute Gasteiger partial charge is 0.396 e. The minimum absolute atomic E-state index is 0.167. The Morgan fingerprint density at radius 3 is 1.28 bits per heavy atom. The van der Waals surface area contributed by atoms with Gasteiger partial charge in [-0.2, -0.15) is 0 Å². The van der Waals surface area contributed by atoms with E-state index in [1.807, 2.05) is 0 Å². The van der Waals surface area contributed by atoms with Crippen LogP contribution in [0.3, 0.4) is 0 Å². The fraction of sp³-hybridized carbons (Fsp3) is 1.00. The van der Waals surface area contributed by atoms with Crippen LogP contribution in [0.15, 0.2) is 0 Å². The summed E-state index contributed by atoms with van der Waals surface area (Å²) in [4.78, 5) is 0. The maximum atomic E-state index is 10.0. The summed E-state index contributed by atoms with van der Waals surface area (Å²) in [5.74, 6) is 3.39. The molecule has 0 aliphatic heterocycles. The quantitative estimate of drug-likeness (QED) is 0.431. The molecule has 3 saturated carbocycles. The smallest absolute Gasteiger partial charge is 0.0496 e. The standard InChI is InChI=1S/C23H42O6/c1-28-12-20-16(8-24)6-18(10-26)22(20)14-3-4-15(5-14)23-19(11-27)7-17(9-25)21(23)13-29-2/h14-27H,3-13H2,1-2H3. The van der Waals surface area contributed by atoms with E-state index < -0.39 is 0 Å². The van der Waals surface area contributed by atoms with Crippen LogP contribution in [0.4, 0.5) is 0 Å². The zero-order chi connectivity index (χ0) is 21.0. The van der Waals surface area contributed by atoms with Crippen molar-refractivity contribution >= 4 is 0 Å². The highest BCUT2D eigenvalue weighted by atomic mass is 16.5. The average molecular weight is 415 g/mol. The van der Waals surface area contributed by atoms with E-state index in [4.69, 9.17) is 9.47 Å². The van der Waals surface area contributed by atoms with Crippen molar-refractivity contribution in [3.63, 3.8) is 0 Å². The molecule has 0 heterocycles. The van der Waals surface area contributed by atoms with Crippen LogP contribution in [-0.2, 0) is 9.47 Å². The fourth-order valence-electron chi connectivity index (χ4n) is 7.68. The summed E-state index contributed by atoms with van der Waals surface area (Å²) in [7, 11) is 3.45. The van der Waals surface area contributed by atoms with Gasteiger partial charge in [-0.1, -0.05) is 0 Å². The fourth-order valence-corrected chi connectivity index (χ4v) is 7.68. The summed E-state index contributed by atoms with van der Waals surface area (Å²) in [6, 6.07) is 0. The molecule has 0 saturated heterocycles. The van der Waals surface area contributed by atoms with Gasteiger partial charge in [-0.3, -0.25) is 0 Å². The first kappa shape index (κ1) is 23.4. The molecule has 0 spiro atoms. The Morgan fingerprint density at radius 1 is 0.586 bits per heavy atom. The zero-order valence-electron chi connectivity index (χ0n) is 18.2. The molecule has 0 amide bonds. The number of hydrogen-bond donors (Lipinski definition) is 4. The molecule has 3 aliphatic rings. The van der Waals surface area contributed by atoms with Crippen LogP contribution in [0.1, 0.15) is 32.1 Å². The van der Waals surface area contributed by atoms with E-state index in [1.165, 1.54) is 0 Å². The van der Waals surface area contributed by atoms with Crippen molar-refractivity contribution in [2.45, 2.75) is 32.1 Å². The minimum Gasteiger partial charge on any atom is -0.396 e. The first-order chi connectivity index (χ1) is 14.1. The van der Waals surface area contributed by atoms with E-state index >= 15 is 0 Å². The van der Waals surface area contributed by atoms with Gasteiger partial charge in [-0.25, -0.2) is 0 Å². The predicted molar refractivity (Wildman–Crippen MR) is 110 cm³/mol. The zero-order valence-corrected chi connectivity index (χ0v) is 18.2. The van der Waals surface area contributed by atoms with Gasteiger partial charge >= 0.3 is 0 Å². The van der Waals surface area contributed by atoms with Gasteiger partial charge < -0.3 is 29.9 Å². The topological polar surface area (TPSA) is 99.4 Å². The van der Waals surface area contributed by atoms with Crippen molar-refractivity contribution in [1.29, 1.82) is 0 Å². The maximum Gasteiger partial charge on any atom is 0.0496 e. The average Bonchev–Trinajstić information content (AvgIpc) is 3.43. The molecule has 4 N–H and O–H groups in total. The van der Waals surface area contributed by atoms with Crippen molar-refractivity contribution in [2.75, 3.05) is 53.9 Å². The Bertz CT molecular complexity index is 446. The summed E-state index contributed by atoms with van der Waals surface area (Å²) >= 11 is 0. The van der Waals surface area contributed by atoms with Crippen LogP contribution in [0, 0.1) is 59.2 Å². The maximum absolute atomic E-state index is 10.0. The number of ether oxygens (including phenoxy) is 2. The van der Waals surface area contributed by atoms with Crippen molar-refractivity contribution in [2.24, 2.45) is 59.2 Å². The second-order valence-electron chi connectivity index (χ2n) is 9.97. The van der Waals surface area contributed by atoms with Gasteiger partial charge in [0.1, 0.15) is 0 Å². The van der Waals surface area contributed by atoms with E-state index in [-0.39, 0.29) is 50.1 Å². The van der Waals surface area contributed by atoms with Crippen LogP contribution in [0.2, 0.25) is 0 Å². The second kappa shape index (κ2) is 10.9. The molecule has 0 aromatic rings. The molecule has 0 bridgehead atoms. The molecular formula is C23H42O6. The lowest BCUT2D eigenvalue weighted by Gasteiger charge is -2.33. The Morgan fingerprint density at radius 2 is 0.966 bits per heavy atom. The molecule has 0 aromatic heterocycles. The lowest BCUT2D eigenvalue weighted by molar-refractivity contribution is 0.0445. The summed E-state index contributed by atoms with van der Waals surface area (Å²) in [5, 5.41) is 39.8. The molecule has 3 fully saturated rings. The summed E-state index contributed by atoms with van der Waals surface area (Å²) in [6.45, 7) is 2.00. The molecule has 6 heteroatoms. The van der Waals surface area contributed by atoms with E-state index in [0.717, 1.165) is 32.1 Å². The number of aliphatic hydroxyl groups is 4. The molecule has 10 atom stereocenters. The third-order valence-corrected chi connectivity index (χ3v) is 8.76. The third-order valence-electron chi connectivity index (χ3n) is 8.76. The number of hydrogen-bond acceptors (Lipinski definition) is 6. The van der Waals surface area contributed by atoms with Crippen molar-refractivity contribution < 1.29 is 29.9 Å². The normalized spacial score (nSPS) is 45.3. The van der Waals surface area contributed by atoms with Gasteiger partial charge in [0.2, 0.25) is 0 Å². The molecule has 170 valence electrons. The molecule has 0 radical (unpaired) electrons. The minimum atomic E-state index is 0.167.